The first kappa shape index (κ1) is 11.1. The summed E-state index contributed by atoms with van der Waals surface area (Å²) in [5, 5.41) is 3.28. The molecule has 1 aliphatic carbocycles. The van der Waals surface area contributed by atoms with Crippen molar-refractivity contribution in [3.8, 4) is 0 Å². The van der Waals surface area contributed by atoms with E-state index in [2.05, 4.69) is 44.8 Å². The second kappa shape index (κ2) is 5.09. The molecular formula is C11H16IN3. The molecule has 1 fully saturated rings. The van der Waals surface area contributed by atoms with Gasteiger partial charge in [0.2, 0.25) is 0 Å². The van der Waals surface area contributed by atoms with Gasteiger partial charge in [0.1, 0.15) is 12.1 Å². The zero-order valence-electron chi connectivity index (χ0n) is 8.96. The number of hydrogen-bond acceptors (Lipinski definition) is 3. The Kier molecular flexibility index (Phi) is 3.77. The standard InChI is InChI=1S/C11H16IN3/c1-2-13-11-9(12)10(14-7-15-11)8-5-3-4-6-8/h7-8H,2-6H2,1H3,(H,13,14,15). The summed E-state index contributed by atoms with van der Waals surface area (Å²) in [6.07, 6.45) is 6.97. The summed E-state index contributed by atoms with van der Waals surface area (Å²) in [5.41, 5.74) is 1.25. The van der Waals surface area contributed by atoms with Gasteiger partial charge in [0.15, 0.2) is 0 Å². The van der Waals surface area contributed by atoms with Crippen LogP contribution in [0.5, 0.6) is 0 Å². The second-order valence-electron chi connectivity index (χ2n) is 3.93. The number of hydrogen-bond donors (Lipinski definition) is 1. The van der Waals surface area contributed by atoms with Gasteiger partial charge in [-0.05, 0) is 42.4 Å². The molecule has 0 aromatic carbocycles. The Hall–Kier alpha value is -0.390. The second-order valence-corrected chi connectivity index (χ2v) is 5.01. The SMILES string of the molecule is CCNc1ncnc(C2CCCC2)c1I. The van der Waals surface area contributed by atoms with Crippen LogP contribution in [-0.2, 0) is 0 Å². The van der Waals surface area contributed by atoms with Gasteiger partial charge in [0, 0.05) is 12.5 Å². The number of halogens is 1. The number of aromatic nitrogens is 2. The van der Waals surface area contributed by atoms with Crippen molar-refractivity contribution in [3.63, 3.8) is 0 Å². The third kappa shape index (κ3) is 2.41. The number of rotatable bonds is 3. The molecule has 1 heterocycles. The van der Waals surface area contributed by atoms with E-state index < -0.39 is 0 Å². The molecular weight excluding hydrogens is 301 g/mol. The van der Waals surface area contributed by atoms with Crippen molar-refractivity contribution in [2.24, 2.45) is 0 Å². The predicted octanol–water partition coefficient (Wildman–Crippen LogP) is 3.17. The quantitative estimate of drug-likeness (QED) is 0.870. The van der Waals surface area contributed by atoms with E-state index in [1.807, 2.05) is 0 Å². The van der Waals surface area contributed by atoms with Crippen molar-refractivity contribution in [3.05, 3.63) is 15.6 Å². The highest BCUT2D eigenvalue weighted by Crippen LogP contribution is 2.36. The molecule has 2 rings (SSSR count). The lowest BCUT2D eigenvalue weighted by Gasteiger charge is -2.13. The Labute approximate surface area is 104 Å². The molecule has 0 aliphatic heterocycles. The van der Waals surface area contributed by atoms with Gasteiger partial charge in [-0.15, -0.1) is 0 Å². The molecule has 0 saturated heterocycles. The maximum atomic E-state index is 4.44. The van der Waals surface area contributed by atoms with E-state index in [1.165, 1.54) is 34.9 Å². The molecule has 0 spiro atoms. The average Bonchev–Trinajstić information content (AvgIpc) is 2.74. The van der Waals surface area contributed by atoms with Gasteiger partial charge in [-0.3, -0.25) is 0 Å². The molecule has 1 aliphatic rings. The normalized spacial score (nSPS) is 16.9. The van der Waals surface area contributed by atoms with Crippen LogP contribution in [0.2, 0.25) is 0 Å². The van der Waals surface area contributed by atoms with Crippen molar-refractivity contribution in [1.82, 2.24) is 9.97 Å². The molecule has 0 radical (unpaired) electrons. The highest BCUT2D eigenvalue weighted by Gasteiger charge is 2.22. The highest BCUT2D eigenvalue weighted by atomic mass is 127. The summed E-state index contributed by atoms with van der Waals surface area (Å²) in [6.45, 7) is 3.00. The van der Waals surface area contributed by atoms with Gasteiger partial charge in [-0.1, -0.05) is 12.8 Å². The minimum atomic E-state index is 0.664. The first-order valence-electron chi connectivity index (χ1n) is 5.57. The average molecular weight is 317 g/mol. The van der Waals surface area contributed by atoms with E-state index in [0.29, 0.717) is 5.92 Å². The van der Waals surface area contributed by atoms with Crippen LogP contribution in [0.15, 0.2) is 6.33 Å². The first-order chi connectivity index (χ1) is 7.33. The van der Waals surface area contributed by atoms with E-state index in [-0.39, 0.29) is 0 Å². The van der Waals surface area contributed by atoms with Crippen LogP contribution < -0.4 is 5.32 Å². The van der Waals surface area contributed by atoms with E-state index in [1.54, 1.807) is 6.33 Å². The first-order valence-corrected chi connectivity index (χ1v) is 6.65. The number of anilines is 1. The molecule has 15 heavy (non-hydrogen) atoms. The smallest absolute Gasteiger partial charge is 0.143 e. The van der Waals surface area contributed by atoms with Crippen LogP contribution in [0.25, 0.3) is 0 Å². The predicted molar refractivity (Wildman–Crippen MR) is 70.1 cm³/mol. The van der Waals surface area contributed by atoms with Crippen molar-refractivity contribution in [2.75, 3.05) is 11.9 Å². The molecule has 0 amide bonds. The fourth-order valence-electron chi connectivity index (χ4n) is 2.16. The molecule has 0 bridgehead atoms. The van der Waals surface area contributed by atoms with Gasteiger partial charge in [-0.2, -0.15) is 0 Å². The van der Waals surface area contributed by atoms with Gasteiger partial charge >= 0.3 is 0 Å². The van der Waals surface area contributed by atoms with Crippen LogP contribution in [0.4, 0.5) is 5.82 Å². The van der Waals surface area contributed by atoms with E-state index in [4.69, 9.17) is 0 Å². The summed E-state index contributed by atoms with van der Waals surface area (Å²) in [4.78, 5) is 8.71. The maximum Gasteiger partial charge on any atom is 0.143 e. The monoisotopic (exact) mass is 317 g/mol. The molecule has 0 unspecified atom stereocenters. The summed E-state index contributed by atoms with van der Waals surface area (Å²) < 4.78 is 1.21. The Bertz CT molecular complexity index is 335. The zero-order chi connectivity index (χ0) is 10.7. The Morgan fingerprint density at radius 2 is 2.13 bits per heavy atom. The van der Waals surface area contributed by atoms with Gasteiger partial charge in [-0.25, -0.2) is 9.97 Å². The maximum absolute atomic E-state index is 4.44. The lowest BCUT2D eigenvalue weighted by Crippen LogP contribution is -2.07. The molecule has 1 aromatic rings. The molecule has 1 saturated carbocycles. The van der Waals surface area contributed by atoms with Gasteiger partial charge in [0.25, 0.3) is 0 Å². The molecule has 4 heteroatoms. The molecule has 1 N–H and O–H groups in total. The van der Waals surface area contributed by atoms with Crippen LogP contribution in [0, 0.1) is 3.57 Å². The van der Waals surface area contributed by atoms with Crippen molar-refractivity contribution >= 4 is 28.4 Å². The largest absolute Gasteiger partial charge is 0.369 e. The van der Waals surface area contributed by atoms with Crippen molar-refractivity contribution < 1.29 is 0 Å². The lowest BCUT2D eigenvalue weighted by atomic mass is 10.0. The molecule has 1 aromatic heterocycles. The fraction of sp³-hybridized carbons (Fsp3) is 0.636. The van der Waals surface area contributed by atoms with E-state index >= 15 is 0 Å². The molecule has 0 atom stereocenters. The van der Waals surface area contributed by atoms with Crippen LogP contribution in [0.1, 0.15) is 44.2 Å². The topological polar surface area (TPSA) is 37.8 Å². The van der Waals surface area contributed by atoms with Crippen LogP contribution in [0.3, 0.4) is 0 Å². The van der Waals surface area contributed by atoms with E-state index in [0.717, 1.165) is 12.4 Å². The highest BCUT2D eigenvalue weighted by molar-refractivity contribution is 14.1. The van der Waals surface area contributed by atoms with Crippen LogP contribution in [-0.4, -0.2) is 16.5 Å². The molecule has 3 nitrogen and oxygen atoms in total. The summed E-state index contributed by atoms with van der Waals surface area (Å²) in [5.74, 6) is 1.66. The minimum Gasteiger partial charge on any atom is -0.369 e. The summed E-state index contributed by atoms with van der Waals surface area (Å²) in [7, 11) is 0. The molecule has 82 valence electrons. The van der Waals surface area contributed by atoms with Crippen molar-refractivity contribution in [1.29, 1.82) is 0 Å². The zero-order valence-corrected chi connectivity index (χ0v) is 11.1. The number of nitrogens with one attached hydrogen (secondary N) is 1. The van der Waals surface area contributed by atoms with Crippen molar-refractivity contribution in [2.45, 2.75) is 38.5 Å². The third-order valence-electron chi connectivity index (χ3n) is 2.90. The Morgan fingerprint density at radius 3 is 2.80 bits per heavy atom. The lowest BCUT2D eigenvalue weighted by molar-refractivity contribution is 0.689. The van der Waals surface area contributed by atoms with Gasteiger partial charge in [0.05, 0.1) is 9.26 Å². The number of nitrogens with zero attached hydrogens (tertiary/aromatic N) is 2. The minimum absolute atomic E-state index is 0.664. The van der Waals surface area contributed by atoms with Gasteiger partial charge < -0.3 is 5.32 Å². The Morgan fingerprint density at radius 1 is 1.40 bits per heavy atom. The fourth-order valence-corrected chi connectivity index (χ4v) is 3.07. The summed E-state index contributed by atoms with van der Waals surface area (Å²) in [6, 6.07) is 0. The summed E-state index contributed by atoms with van der Waals surface area (Å²) >= 11 is 2.37. The van der Waals surface area contributed by atoms with Crippen LogP contribution >= 0.6 is 22.6 Å². The Balaban J connectivity index is 2.26. The third-order valence-corrected chi connectivity index (χ3v) is 3.97. The van der Waals surface area contributed by atoms with E-state index in [9.17, 15) is 0 Å².